The van der Waals surface area contributed by atoms with Crippen LogP contribution in [0.1, 0.15) is 64.2 Å². The number of nitrogens with zero attached hydrogens (tertiary/aromatic N) is 1. The van der Waals surface area contributed by atoms with Crippen LogP contribution in [0.3, 0.4) is 0 Å². The maximum Gasteiger partial charge on any atom is 0.224 e. The van der Waals surface area contributed by atoms with Crippen LogP contribution in [0.5, 0.6) is 0 Å². The molecule has 0 heterocycles. The Labute approximate surface area is 123 Å². The lowest BCUT2D eigenvalue weighted by Crippen LogP contribution is -2.47. The van der Waals surface area contributed by atoms with E-state index in [0.717, 1.165) is 37.1 Å². The first-order valence-corrected chi connectivity index (χ1v) is 8.59. The molecule has 3 heteroatoms. The first kappa shape index (κ1) is 14.4. The molecule has 3 atom stereocenters. The summed E-state index contributed by atoms with van der Waals surface area (Å²) in [6.07, 6.45) is 11.9. The fourth-order valence-corrected chi connectivity index (χ4v) is 4.92. The molecular weight excluding hydrogens is 248 g/mol. The van der Waals surface area contributed by atoms with E-state index in [0.29, 0.717) is 6.42 Å². The zero-order valence-corrected chi connectivity index (χ0v) is 12.9. The molecule has 3 aliphatic carbocycles. The number of rotatable bonds is 4. The summed E-state index contributed by atoms with van der Waals surface area (Å²) in [6.45, 7) is 0.968. The van der Waals surface area contributed by atoms with E-state index >= 15 is 0 Å². The van der Waals surface area contributed by atoms with Gasteiger partial charge >= 0.3 is 0 Å². The largest absolute Gasteiger partial charge is 0.345 e. The molecule has 2 N–H and O–H groups in total. The van der Waals surface area contributed by atoms with Gasteiger partial charge in [0.25, 0.3) is 0 Å². The smallest absolute Gasteiger partial charge is 0.224 e. The summed E-state index contributed by atoms with van der Waals surface area (Å²) in [5.41, 5.74) is 6.21. The minimum atomic E-state index is -0.210. The number of amides is 1. The van der Waals surface area contributed by atoms with E-state index in [4.69, 9.17) is 5.73 Å². The molecule has 2 bridgehead atoms. The normalized spacial score (nSPS) is 35.2. The zero-order chi connectivity index (χ0) is 14.2. The molecule has 3 unspecified atom stereocenters. The van der Waals surface area contributed by atoms with Gasteiger partial charge in [-0.2, -0.15) is 0 Å². The van der Waals surface area contributed by atoms with Gasteiger partial charge < -0.3 is 10.6 Å². The van der Waals surface area contributed by atoms with Gasteiger partial charge in [0.2, 0.25) is 5.91 Å². The molecule has 20 heavy (non-hydrogen) atoms. The van der Waals surface area contributed by atoms with Gasteiger partial charge in [-0.1, -0.05) is 25.7 Å². The van der Waals surface area contributed by atoms with E-state index in [-0.39, 0.29) is 11.4 Å². The van der Waals surface area contributed by atoms with Crippen LogP contribution >= 0.6 is 0 Å². The van der Waals surface area contributed by atoms with E-state index in [1.165, 1.54) is 44.9 Å². The predicted molar refractivity (Wildman–Crippen MR) is 81.2 cm³/mol. The van der Waals surface area contributed by atoms with Gasteiger partial charge in [-0.3, -0.25) is 4.79 Å². The molecule has 3 nitrogen and oxygen atoms in total. The highest BCUT2D eigenvalue weighted by molar-refractivity contribution is 5.77. The third-order valence-electron chi connectivity index (χ3n) is 6.17. The van der Waals surface area contributed by atoms with Gasteiger partial charge in [-0.25, -0.2) is 0 Å². The van der Waals surface area contributed by atoms with E-state index in [1.54, 1.807) is 0 Å². The number of nitrogens with two attached hydrogens (primary N) is 1. The SMILES string of the molecule is CN(CC1CC2CCC1C2)C(=O)CC1(N)CCCCC1. The molecule has 0 aromatic rings. The van der Waals surface area contributed by atoms with Crippen molar-refractivity contribution in [2.75, 3.05) is 13.6 Å². The van der Waals surface area contributed by atoms with E-state index < -0.39 is 0 Å². The Morgan fingerprint density at radius 1 is 1.20 bits per heavy atom. The topological polar surface area (TPSA) is 46.3 Å². The number of hydrogen-bond donors (Lipinski definition) is 1. The Morgan fingerprint density at radius 2 is 1.95 bits per heavy atom. The Hall–Kier alpha value is -0.570. The number of carbonyl (C=O) groups excluding carboxylic acids is 1. The Bertz CT molecular complexity index is 362. The summed E-state index contributed by atoms with van der Waals surface area (Å²) in [5.74, 6) is 2.91. The first-order chi connectivity index (χ1) is 9.56. The molecule has 114 valence electrons. The second-order valence-corrected chi connectivity index (χ2v) is 7.81. The lowest BCUT2D eigenvalue weighted by Gasteiger charge is -2.35. The molecule has 0 aromatic carbocycles. The molecule has 0 saturated heterocycles. The van der Waals surface area contributed by atoms with Crippen LogP contribution in [0.25, 0.3) is 0 Å². The van der Waals surface area contributed by atoms with Gasteiger partial charge in [0.1, 0.15) is 0 Å². The van der Waals surface area contributed by atoms with Crippen molar-refractivity contribution in [3.8, 4) is 0 Å². The third-order valence-corrected chi connectivity index (χ3v) is 6.17. The minimum Gasteiger partial charge on any atom is -0.345 e. The summed E-state index contributed by atoms with van der Waals surface area (Å²) in [4.78, 5) is 14.4. The van der Waals surface area contributed by atoms with Crippen molar-refractivity contribution in [2.24, 2.45) is 23.5 Å². The molecule has 3 rings (SSSR count). The van der Waals surface area contributed by atoms with Crippen molar-refractivity contribution in [1.29, 1.82) is 0 Å². The fraction of sp³-hybridized carbons (Fsp3) is 0.941. The quantitative estimate of drug-likeness (QED) is 0.859. The summed E-state index contributed by atoms with van der Waals surface area (Å²) in [7, 11) is 1.99. The van der Waals surface area contributed by atoms with Crippen molar-refractivity contribution < 1.29 is 4.79 Å². The van der Waals surface area contributed by atoms with Gasteiger partial charge in [0, 0.05) is 25.6 Å². The Morgan fingerprint density at radius 3 is 2.55 bits per heavy atom. The molecule has 0 aromatic heterocycles. The average molecular weight is 278 g/mol. The molecular formula is C17H30N2O. The number of hydrogen-bond acceptors (Lipinski definition) is 2. The Kier molecular flexibility index (Phi) is 4.07. The van der Waals surface area contributed by atoms with Gasteiger partial charge in [-0.15, -0.1) is 0 Å². The molecule has 0 radical (unpaired) electrons. The van der Waals surface area contributed by atoms with Gasteiger partial charge in [-0.05, 0) is 49.9 Å². The van der Waals surface area contributed by atoms with Crippen LogP contribution in [-0.4, -0.2) is 29.9 Å². The summed E-state index contributed by atoms with van der Waals surface area (Å²) < 4.78 is 0. The lowest BCUT2D eigenvalue weighted by atomic mass is 9.80. The summed E-state index contributed by atoms with van der Waals surface area (Å²) >= 11 is 0. The summed E-state index contributed by atoms with van der Waals surface area (Å²) in [6, 6.07) is 0. The number of carbonyl (C=O) groups is 1. The zero-order valence-electron chi connectivity index (χ0n) is 12.9. The van der Waals surface area contributed by atoms with Crippen molar-refractivity contribution >= 4 is 5.91 Å². The molecule has 3 saturated carbocycles. The minimum absolute atomic E-state index is 0.210. The van der Waals surface area contributed by atoms with Crippen LogP contribution in [-0.2, 0) is 4.79 Å². The fourth-order valence-electron chi connectivity index (χ4n) is 4.92. The van der Waals surface area contributed by atoms with E-state index in [2.05, 4.69) is 0 Å². The van der Waals surface area contributed by atoms with Crippen molar-refractivity contribution in [2.45, 2.75) is 69.7 Å². The van der Waals surface area contributed by atoms with E-state index in [9.17, 15) is 4.79 Å². The van der Waals surface area contributed by atoms with Crippen LogP contribution in [0, 0.1) is 17.8 Å². The van der Waals surface area contributed by atoms with E-state index in [1.807, 2.05) is 11.9 Å². The molecule has 3 aliphatic rings. The lowest BCUT2D eigenvalue weighted by molar-refractivity contribution is -0.132. The second kappa shape index (κ2) is 5.67. The second-order valence-electron chi connectivity index (χ2n) is 7.81. The van der Waals surface area contributed by atoms with Crippen LogP contribution in [0.4, 0.5) is 0 Å². The third kappa shape index (κ3) is 3.03. The van der Waals surface area contributed by atoms with Crippen LogP contribution < -0.4 is 5.73 Å². The highest BCUT2D eigenvalue weighted by atomic mass is 16.2. The monoisotopic (exact) mass is 278 g/mol. The Balaban J connectivity index is 1.49. The highest BCUT2D eigenvalue weighted by Gasteiger charge is 2.40. The van der Waals surface area contributed by atoms with Crippen LogP contribution in [0.2, 0.25) is 0 Å². The molecule has 3 fully saturated rings. The van der Waals surface area contributed by atoms with Crippen molar-refractivity contribution in [3.05, 3.63) is 0 Å². The van der Waals surface area contributed by atoms with Gasteiger partial charge in [0.15, 0.2) is 0 Å². The van der Waals surface area contributed by atoms with Crippen molar-refractivity contribution in [3.63, 3.8) is 0 Å². The molecule has 0 aliphatic heterocycles. The molecule has 0 spiro atoms. The first-order valence-electron chi connectivity index (χ1n) is 8.59. The molecule has 1 amide bonds. The number of fused-ring (bicyclic) bond motifs is 2. The van der Waals surface area contributed by atoms with Gasteiger partial charge in [0.05, 0.1) is 0 Å². The summed E-state index contributed by atoms with van der Waals surface area (Å²) in [5, 5.41) is 0. The maximum atomic E-state index is 12.5. The van der Waals surface area contributed by atoms with Crippen molar-refractivity contribution in [1.82, 2.24) is 4.90 Å². The highest BCUT2D eigenvalue weighted by Crippen LogP contribution is 2.48. The average Bonchev–Trinajstić information content (AvgIpc) is 3.01. The predicted octanol–water partition coefficient (Wildman–Crippen LogP) is 2.93. The standard InChI is InChI=1S/C17H30N2O/c1-19(12-15-10-13-5-6-14(15)9-13)16(20)11-17(18)7-3-2-4-8-17/h13-15H,2-12,18H2,1H3. The maximum absolute atomic E-state index is 12.5. The van der Waals surface area contributed by atoms with Crippen LogP contribution in [0.15, 0.2) is 0 Å².